The van der Waals surface area contributed by atoms with Crippen molar-refractivity contribution in [2.24, 2.45) is 0 Å². The van der Waals surface area contributed by atoms with E-state index in [4.69, 9.17) is 14.5 Å². The average molecular weight is 710 g/mol. The van der Waals surface area contributed by atoms with E-state index in [2.05, 4.69) is 70.8 Å². The molecule has 9 nitrogen and oxygen atoms in total. The normalized spacial score (nSPS) is 14.5. The number of hydrogen-bond donors (Lipinski definition) is 0. The largest absolute Gasteiger partial charge is 0.491 e. The number of methoxy groups -OCH3 is 1. The molecule has 0 N–H and O–H groups in total. The lowest BCUT2D eigenvalue weighted by molar-refractivity contribution is 0.196. The number of sulfonamides is 1. The fraction of sp³-hybridized carbons (Fsp3) is 0.333. The number of fused-ring (bicyclic) bond motifs is 2. The number of likely N-dealkylation sites (tertiary alicyclic amines) is 1. The van der Waals surface area contributed by atoms with E-state index in [1.165, 1.54) is 15.6 Å². The summed E-state index contributed by atoms with van der Waals surface area (Å²) in [5.41, 5.74) is 6.23. The minimum Gasteiger partial charge on any atom is -0.491 e. The molecule has 0 radical (unpaired) electrons. The topological polar surface area (TPSA) is 89.8 Å². The van der Waals surface area contributed by atoms with Crippen molar-refractivity contribution in [3.05, 3.63) is 114 Å². The molecule has 1 aliphatic rings. The van der Waals surface area contributed by atoms with Gasteiger partial charge >= 0.3 is 0 Å². The van der Waals surface area contributed by atoms with Crippen LogP contribution in [-0.2, 0) is 27.8 Å². The molecule has 3 heterocycles. The second kappa shape index (κ2) is 14.9. The number of nitrogens with zero attached hydrogens (tertiary/aromatic N) is 5. The van der Waals surface area contributed by atoms with Crippen LogP contribution in [0.2, 0.25) is 0 Å². The number of anilines is 1. The third kappa shape index (κ3) is 7.14. The second-order valence-corrected chi connectivity index (χ2v) is 15.8. The molecule has 0 spiro atoms. The number of rotatable bonds is 13. The fourth-order valence-electron chi connectivity index (χ4n) is 6.90. The van der Waals surface area contributed by atoms with E-state index in [-0.39, 0.29) is 24.0 Å². The van der Waals surface area contributed by atoms with Crippen molar-refractivity contribution in [3.63, 3.8) is 0 Å². The molecule has 0 amide bonds. The summed E-state index contributed by atoms with van der Waals surface area (Å²) >= 11 is 1.38. The van der Waals surface area contributed by atoms with Crippen molar-refractivity contribution in [1.29, 1.82) is 0 Å². The van der Waals surface area contributed by atoms with Crippen molar-refractivity contribution >= 4 is 47.7 Å². The van der Waals surface area contributed by atoms with E-state index in [9.17, 15) is 8.42 Å². The van der Waals surface area contributed by atoms with E-state index in [0.717, 1.165) is 82.0 Å². The second-order valence-electron chi connectivity index (χ2n) is 12.9. The maximum Gasteiger partial charge on any atom is 0.266 e. The first-order valence-corrected chi connectivity index (χ1v) is 19.4. The average Bonchev–Trinajstić information content (AvgIpc) is 3.71. The highest BCUT2D eigenvalue weighted by atomic mass is 32.2. The van der Waals surface area contributed by atoms with Crippen molar-refractivity contribution < 1.29 is 17.9 Å². The van der Waals surface area contributed by atoms with Crippen molar-refractivity contribution in [2.75, 3.05) is 44.3 Å². The van der Waals surface area contributed by atoms with Crippen molar-refractivity contribution in [1.82, 2.24) is 19.4 Å². The van der Waals surface area contributed by atoms with Crippen LogP contribution in [0.3, 0.4) is 0 Å². The summed E-state index contributed by atoms with van der Waals surface area (Å²) < 4.78 is 44.4. The SMILES string of the molecule is COCCN(c1nc2ccccc2s1)S(=O)(=O)c1cccc(C2CCN(Cc3nc4ccccc4n3CCOc3c(C)cccc3C)CC2)c1. The van der Waals surface area contributed by atoms with Crippen LogP contribution in [0.4, 0.5) is 5.13 Å². The summed E-state index contributed by atoms with van der Waals surface area (Å²) in [4.78, 5) is 12.4. The van der Waals surface area contributed by atoms with Gasteiger partial charge in [-0.1, -0.05) is 65.9 Å². The Bertz CT molecular complexity index is 2150. The molecular weight excluding hydrogens is 667 g/mol. The number of ether oxygens (including phenoxy) is 2. The van der Waals surface area contributed by atoms with Crippen molar-refractivity contribution in [3.8, 4) is 5.75 Å². The summed E-state index contributed by atoms with van der Waals surface area (Å²) in [5, 5.41) is 0.449. The number of aryl methyl sites for hydroxylation is 2. The quantitative estimate of drug-likeness (QED) is 0.122. The Morgan fingerprint density at radius 2 is 1.58 bits per heavy atom. The lowest BCUT2D eigenvalue weighted by Gasteiger charge is -2.32. The molecule has 11 heteroatoms. The third-order valence-corrected chi connectivity index (χ3v) is 12.5. The van der Waals surface area contributed by atoms with Gasteiger partial charge in [-0.3, -0.25) is 4.90 Å². The molecule has 1 fully saturated rings. The van der Waals surface area contributed by atoms with Gasteiger partial charge in [0.2, 0.25) is 5.13 Å². The molecule has 260 valence electrons. The minimum absolute atomic E-state index is 0.184. The molecule has 7 rings (SSSR count). The van der Waals surface area contributed by atoms with Crippen LogP contribution in [0.15, 0.2) is 95.9 Å². The van der Waals surface area contributed by atoms with Crippen LogP contribution in [0.1, 0.15) is 41.3 Å². The molecule has 1 saturated heterocycles. The number of piperidine rings is 1. The predicted octanol–water partition coefficient (Wildman–Crippen LogP) is 7.56. The Hall–Kier alpha value is -4.29. The van der Waals surface area contributed by atoms with Gasteiger partial charge in [0.05, 0.1) is 52.4 Å². The van der Waals surface area contributed by atoms with E-state index in [0.29, 0.717) is 18.3 Å². The molecule has 0 unspecified atom stereocenters. The lowest BCUT2D eigenvalue weighted by atomic mass is 9.89. The minimum atomic E-state index is -3.87. The fourth-order valence-corrected chi connectivity index (χ4v) is 9.56. The van der Waals surface area contributed by atoms with Crippen LogP contribution in [0.25, 0.3) is 21.3 Å². The van der Waals surface area contributed by atoms with Gasteiger partial charge in [-0.25, -0.2) is 22.7 Å². The van der Waals surface area contributed by atoms with E-state index >= 15 is 0 Å². The Morgan fingerprint density at radius 1 is 0.860 bits per heavy atom. The Balaban J connectivity index is 1.04. The number of benzene rings is 4. The molecule has 4 aromatic carbocycles. The van der Waals surface area contributed by atoms with Crippen molar-refractivity contribution in [2.45, 2.75) is 50.6 Å². The number of thiazole rings is 1. The molecule has 50 heavy (non-hydrogen) atoms. The van der Waals surface area contributed by atoms with Gasteiger partial charge in [-0.15, -0.1) is 0 Å². The maximum absolute atomic E-state index is 14.1. The van der Waals surface area contributed by atoms with E-state index < -0.39 is 10.0 Å². The summed E-state index contributed by atoms with van der Waals surface area (Å²) in [6, 6.07) is 29.7. The number of hydrogen-bond acceptors (Lipinski definition) is 8. The molecule has 2 aromatic heterocycles. The first kappa shape index (κ1) is 34.2. The van der Waals surface area contributed by atoms with Crippen LogP contribution in [0.5, 0.6) is 5.75 Å². The zero-order valence-electron chi connectivity index (χ0n) is 28.8. The monoisotopic (exact) mass is 709 g/mol. The molecule has 0 atom stereocenters. The highest BCUT2D eigenvalue weighted by Crippen LogP contribution is 2.35. The molecule has 0 aliphatic carbocycles. The lowest BCUT2D eigenvalue weighted by Crippen LogP contribution is -2.34. The van der Waals surface area contributed by atoms with Crippen LogP contribution < -0.4 is 9.04 Å². The zero-order chi connectivity index (χ0) is 34.7. The van der Waals surface area contributed by atoms with E-state index in [1.807, 2.05) is 42.5 Å². The maximum atomic E-state index is 14.1. The molecule has 0 bridgehead atoms. The van der Waals surface area contributed by atoms with Crippen LogP contribution >= 0.6 is 11.3 Å². The number of para-hydroxylation sites is 4. The van der Waals surface area contributed by atoms with Gasteiger partial charge in [0, 0.05) is 7.11 Å². The first-order valence-electron chi connectivity index (χ1n) is 17.1. The van der Waals surface area contributed by atoms with Gasteiger partial charge in [0.1, 0.15) is 18.2 Å². The van der Waals surface area contributed by atoms with E-state index in [1.54, 1.807) is 13.2 Å². The standard InChI is InChI=1S/C39H43N5O4S2/c1-28-10-8-11-29(2)38(28)48-25-22-43-35-16-6-4-14-33(35)40-37(43)27-42-20-18-30(19-21-42)31-12-9-13-32(26-31)50(45,46)44(23-24-47-3)39-41-34-15-5-7-17-36(34)49-39/h4-17,26,30H,18-25,27H2,1-3H3. The molecule has 0 saturated carbocycles. The van der Waals surface area contributed by atoms with Gasteiger partial charge in [0.15, 0.2) is 0 Å². The van der Waals surface area contributed by atoms with Gasteiger partial charge in [0.25, 0.3) is 10.0 Å². The zero-order valence-corrected chi connectivity index (χ0v) is 30.4. The Morgan fingerprint density at radius 3 is 2.34 bits per heavy atom. The Kier molecular flexibility index (Phi) is 10.2. The highest BCUT2D eigenvalue weighted by Gasteiger charge is 2.29. The summed E-state index contributed by atoms with van der Waals surface area (Å²) in [6.45, 7) is 8.43. The first-order chi connectivity index (χ1) is 24.3. The third-order valence-electron chi connectivity index (χ3n) is 9.57. The molecular formula is C39H43N5O4S2. The van der Waals surface area contributed by atoms with Gasteiger partial charge < -0.3 is 14.0 Å². The van der Waals surface area contributed by atoms with Crippen LogP contribution in [0, 0.1) is 13.8 Å². The van der Waals surface area contributed by atoms with Gasteiger partial charge in [-0.05, 0) is 98.8 Å². The highest BCUT2D eigenvalue weighted by molar-refractivity contribution is 7.93. The smallest absolute Gasteiger partial charge is 0.266 e. The summed E-state index contributed by atoms with van der Waals surface area (Å²) in [7, 11) is -2.29. The number of imidazole rings is 1. The number of aromatic nitrogens is 3. The summed E-state index contributed by atoms with van der Waals surface area (Å²) in [6.07, 6.45) is 1.87. The molecule has 1 aliphatic heterocycles. The predicted molar refractivity (Wildman–Crippen MR) is 201 cm³/mol. The van der Waals surface area contributed by atoms with Crippen LogP contribution in [-0.4, -0.2) is 67.8 Å². The summed E-state index contributed by atoms with van der Waals surface area (Å²) in [5.74, 6) is 2.26. The Labute approximate surface area is 298 Å². The molecule has 6 aromatic rings. The van der Waals surface area contributed by atoms with Gasteiger partial charge in [-0.2, -0.15) is 0 Å².